The third kappa shape index (κ3) is 3.99. The van der Waals surface area contributed by atoms with Gasteiger partial charge in [-0.1, -0.05) is 12.1 Å². The molecule has 4 aromatic heterocycles. The number of phenolic OH excluding ortho intramolecular Hbond substituents is 1. The van der Waals surface area contributed by atoms with Crippen LogP contribution in [0.5, 0.6) is 5.75 Å². The number of aromatic nitrogens is 5. The molecule has 0 aliphatic carbocycles. The number of fused-ring (bicyclic) bond motifs is 2. The summed E-state index contributed by atoms with van der Waals surface area (Å²) in [4.78, 5) is 29.0. The SMILES string of the molecule is CCOC(=O)[C@H](C)[C@@H](C)n1cc(-c2ccc(O)cc2)c2cnc(-c3c[nH]c4ncc(F)cc34)nc21. The van der Waals surface area contributed by atoms with E-state index in [1.807, 2.05) is 36.7 Å². The fourth-order valence-corrected chi connectivity index (χ4v) is 4.22. The molecule has 5 aromatic rings. The predicted molar refractivity (Wildman–Crippen MR) is 130 cm³/mol. The van der Waals surface area contributed by atoms with E-state index in [0.717, 1.165) is 22.7 Å². The van der Waals surface area contributed by atoms with Crippen molar-refractivity contribution in [3.05, 3.63) is 60.9 Å². The molecule has 1 aromatic carbocycles. The minimum Gasteiger partial charge on any atom is -0.508 e. The number of phenols is 1. The van der Waals surface area contributed by atoms with Gasteiger partial charge in [0.15, 0.2) is 5.82 Å². The molecular weight excluding hydrogens is 449 g/mol. The summed E-state index contributed by atoms with van der Waals surface area (Å²) in [5.41, 5.74) is 3.52. The minimum atomic E-state index is -0.450. The summed E-state index contributed by atoms with van der Waals surface area (Å²) in [5, 5.41) is 11.1. The molecule has 0 aliphatic heterocycles. The zero-order valence-electron chi connectivity index (χ0n) is 19.5. The fourth-order valence-electron chi connectivity index (χ4n) is 4.22. The number of nitrogens with one attached hydrogen (secondary N) is 1. The van der Waals surface area contributed by atoms with Gasteiger partial charge in [0.1, 0.15) is 22.9 Å². The Morgan fingerprint density at radius 3 is 2.66 bits per heavy atom. The lowest BCUT2D eigenvalue weighted by Crippen LogP contribution is -2.24. The molecule has 9 heteroatoms. The molecule has 0 unspecified atom stereocenters. The second kappa shape index (κ2) is 8.83. The summed E-state index contributed by atoms with van der Waals surface area (Å²) in [6, 6.07) is 7.99. The van der Waals surface area contributed by atoms with Gasteiger partial charge in [0, 0.05) is 46.5 Å². The summed E-state index contributed by atoms with van der Waals surface area (Å²) in [7, 11) is 0. The van der Waals surface area contributed by atoms with Crippen molar-refractivity contribution in [2.75, 3.05) is 6.61 Å². The Morgan fingerprint density at radius 2 is 1.91 bits per heavy atom. The first-order valence-electron chi connectivity index (χ1n) is 11.3. The number of nitrogens with zero attached hydrogens (tertiary/aromatic N) is 4. The molecule has 0 bridgehead atoms. The van der Waals surface area contributed by atoms with Crippen LogP contribution in [0.25, 0.3) is 44.6 Å². The van der Waals surface area contributed by atoms with Crippen LogP contribution in [0.4, 0.5) is 4.39 Å². The van der Waals surface area contributed by atoms with Crippen LogP contribution in [0, 0.1) is 11.7 Å². The van der Waals surface area contributed by atoms with E-state index in [1.165, 1.54) is 6.07 Å². The van der Waals surface area contributed by atoms with Gasteiger partial charge in [-0.15, -0.1) is 0 Å². The Labute approximate surface area is 200 Å². The molecule has 0 aliphatic rings. The molecule has 8 nitrogen and oxygen atoms in total. The smallest absolute Gasteiger partial charge is 0.310 e. The number of hydrogen-bond donors (Lipinski definition) is 2. The lowest BCUT2D eigenvalue weighted by Gasteiger charge is -2.20. The predicted octanol–water partition coefficient (Wildman–Crippen LogP) is 5.25. The number of pyridine rings is 1. The summed E-state index contributed by atoms with van der Waals surface area (Å²) >= 11 is 0. The van der Waals surface area contributed by atoms with Crippen LogP contribution in [-0.2, 0) is 9.53 Å². The third-order valence-electron chi connectivity index (χ3n) is 6.31. The Morgan fingerprint density at radius 1 is 1.14 bits per heavy atom. The third-order valence-corrected chi connectivity index (χ3v) is 6.31. The number of esters is 1. The number of benzene rings is 1. The number of aromatic hydroxyl groups is 1. The van der Waals surface area contributed by atoms with Gasteiger partial charge in [0.25, 0.3) is 0 Å². The molecular formula is C26H24FN5O3. The first-order valence-corrected chi connectivity index (χ1v) is 11.3. The van der Waals surface area contributed by atoms with E-state index in [1.54, 1.807) is 31.5 Å². The van der Waals surface area contributed by atoms with E-state index in [9.17, 15) is 14.3 Å². The van der Waals surface area contributed by atoms with Gasteiger partial charge in [-0.05, 0) is 44.5 Å². The standard InChI is InChI=1S/C26H24FN5O3/c1-4-35-26(34)14(2)15(3)32-13-22(16-5-7-18(33)8-6-16)21-12-30-24(31-25(21)32)20-11-29-23-19(20)9-17(27)10-28-23/h5-15,33H,4H2,1-3H3,(H,28,29)/t14-,15-/m1/s1. The molecule has 0 fully saturated rings. The van der Waals surface area contributed by atoms with Crippen LogP contribution >= 0.6 is 0 Å². The van der Waals surface area contributed by atoms with E-state index in [-0.39, 0.29) is 17.8 Å². The maximum absolute atomic E-state index is 13.9. The normalized spacial score (nSPS) is 13.3. The minimum absolute atomic E-state index is 0.167. The van der Waals surface area contributed by atoms with Crippen molar-refractivity contribution in [1.29, 1.82) is 0 Å². The average Bonchev–Trinajstić information content (AvgIpc) is 3.45. The molecule has 5 rings (SSSR count). The molecule has 4 heterocycles. The highest BCUT2D eigenvalue weighted by Gasteiger charge is 2.26. The first-order chi connectivity index (χ1) is 16.9. The maximum atomic E-state index is 13.9. The zero-order chi connectivity index (χ0) is 24.7. The number of rotatable bonds is 6. The Bertz CT molecular complexity index is 1540. The van der Waals surface area contributed by atoms with Crippen LogP contribution in [0.3, 0.4) is 0 Å². The summed E-state index contributed by atoms with van der Waals surface area (Å²) in [6.07, 6.45) is 6.52. The molecule has 178 valence electrons. The first kappa shape index (κ1) is 22.5. The fraction of sp³-hybridized carbons (Fsp3) is 0.231. The second-order valence-electron chi connectivity index (χ2n) is 8.46. The molecule has 35 heavy (non-hydrogen) atoms. The summed E-state index contributed by atoms with van der Waals surface area (Å²) in [5.74, 6) is -0.595. The van der Waals surface area contributed by atoms with Gasteiger partial charge in [0.05, 0.1) is 18.7 Å². The van der Waals surface area contributed by atoms with E-state index < -0.39 is 11.7 Å². The number of carbonyl (C=O) groups is 1. The van der Waals surface area contributed by atoms with Crippen molar-refractivity contribution >= 4 is 28.0 Å². The lowest BCUT2D eigenvalue weighted by molar-refractivity contribution is -0.148. The van der Waals surface area contributed by atoms with Crippen molar-refractivity contribution in [2.24, 2.45) is 5.92 Å². The van der Waals surface area contributed by atoms with Gasteiger partial charge < -0.3 is 19.4 Å². The van der Waals surface area contributed by atoms with E-state index in [2.05, 4.69) is 15.0 Å². The van der Waals surface area contributed by atoms with Crippen LogP contribution in [0.1, 0.15) is 26.8 Å². The van der Waals surface area contributed by atoms with Crippen LogP contribution in [0.2, 0.25) is 0 Å². The lowest BCUT2D eigenvalue weighted by atomic mass is 10.0. The highest BCUT2D eigenvalue weighted by Crippen LogP contribution is 2.36. The quantitative estimate of drug-likeness (QED) is 0.327. The summed E-state index contributed by atoms with van der Waals surface area (Å²) in [6.45, 7) is 5.85. The highest BCUT2D eigenvalue weighted by atomic mass is 19.1. The average molecular weight is 474 g/mol. The van der Waals surface area contributed by atoms with Crippen molar-refractivity contribution in [3.8, 4) is 28.3 Å². The van der Waals surface area contributed by atoms with Crippen molar-refractivity contribution in [2.45, 2.75) is 26.8 Å². The highest BCUT2D eigenvalue weighted by molar-refractivity contribution is 5.96. The van der Waals surface area contributed by atoms with Gasteiger partial charge in [-0.25, -0.2) is 19.3 Å². The number of carbonyl (C=O) groups excluding carboxylic acids is 1. The number of ether oxygens (including phenoxy) is 1. The molecule has 0 radical (unpaired) electrons. The van der Waals surface area contributed by atoms with Crippen LogP contribution < -0.4 is 0 Å². The van der Waals surface area contributed by atoms with E-state index in [4.69, 9.17) is 9.72 Å². The number of H-pyrrole nitrogens is 1. The van der Waals surface area contributed by atoms with Gasteiger partial charge in [0.2, 0.25) is 0 Å². The zero-order valence-corrected chi connectivity index (χ0v) is 19.5. The molecule has 0 saturated heterocycles. The van der Waals surface area contributed by atoms with Crippen LogP contribution in [0.15, 0.2) is 55.1 Å². The Hall–Kier alpha value is -4.27. The van der Waals surface area contributed by atoms with Crippen LogP contribution in [-0.4, -0.2) is 42.2 Å². The maximum Gasteiger partial charge on any atom is 0.310 e. The van der Waals surface area contributed by atoms with Gasteiger partial charge in [-0.3, -0.25) is 4.79 Å². The largest absolute Gasteiger partial charge is 0.508 e. The molecule has 0 saturated carbocycles. The van der Waals surface area contributed by atoms with Gasteiger partial charge >= 0.3 is 5.97 Å². The Kier molecular flexibility index (Phi) is 5.68. The number of hydrogen-bond acceptors (Lipinski definition) is 6. The van der Waals surface area contributed by atoms with Crippen molar-refractivity contribution < 1.29 is 19.0 Å². The molecule has 0 spiro atoms. The molecule has 0 amide bonds. The van der Waals surface area contributed by atoms with E-state index in [0.29, 0.717) is 34.7 Å². The molecule has 2 N–H and O–H groups in total. The van der Waals surface area contributed by atoms with Gasteiger partial charge in [-0.2, -0.15) is 0 Å². The second-order valence-corrected chi connectivity index (χ2v) is 8.46. The molecule has 2 atom stereocenters. The monoisotopic (exact) mass is 473 g/mol. The number of aromatic amines is 1. The topological polar surface area (TPSA) is 106 Å². The van der Waals surface area contributed by atoms with Crippen molar-refractivity contribution in [3.63, 3.8) is 0 Å². The Balaban J connectivity index is 1.69. The van der Waals surface area contributed by atoms with Crippen molar-refractivity contribution in [1.82, 2.24) is 24.5 Å². The number of halogens is 1. The summed E-state index contributed by atoms with van der Waals surface area (Å²) < 4.78 is 21.1. The van der Waals surface area contributed by atoms with E-state index >= 15 is 0 Å².